The van der Waals surface area contributed by atoms with Gasteiger partial charge in [0.05, 0.1) is 24.5 Å². The lowest BCUT2D eigenvalue weighted by molar-refractivity contribution is 0.0972. The first-order valence-electron chi connectivity index (χ1n) is 9.50. The van der Waals surface area contributed by atoms with Crippen molar-refractivity contribution in [3.05, 3.63) is 82.9 Å². The summed E-state index contributed by atoms with van der Waals surface area (Å²) in [5, 5.41) is 8.90. The smallest absolute Gasteiger partial charge is 0.163 e. The third kappa shape index (κ3) is 3.96. The monoisotopic (exact) mass is 371 g/mol. The molecule has 0 aliphatic heterocycles. The minimum absolute atomic E-state index is 0.235. The molecule has 2 aromatic carbocycles. The molecular weight excluding hydrogens is 350 g/mol. The number of rotatable bonds is 6. The highest BCUT2D eigenvalue weighted by Crippen LogP contribution is 2.25. The number of hydrogen-bond donors (Lipinski definition) is 0. The summed E-state index contributed by atoms with van der Waals surface area (Å²) < 4.78 is 8.00. The summed E-state index contributed by atoms with van der Waals surface area (Å²) in [7, 11) is 0. The van der Waals surface area contributed by atoms with Crippen LogP contribution in [0.4, 0.5) is 0 Å². The number of aryl methyl sites for hydroxylation is 1. The maximum Gasteiger partial charge on any atom is 0.163 e. The quantitative estimate of drug-likeness (QED) is 0.658. The highest BCUT2D eigenvalue weighted by atomic mass is 16.5. The van der Waals surface area contributed by atoms with Crippen LogP contribution >= 0.6 is 0 Å². The number of nitriles is 1. The van der Waals surface area contributed by atoms with Gasteiger partial charge < -0.3 is 9.30 Å². The first-order valence-corrected chi connectivity index (χ1v) is 9.50. The predicted molar refractivity (Wildman–Crippen MR) is 105 cm³/mol. The molecule has 5 heteroatoms. The van der Waals surface area contributed by atoms with Crippen LogP contribution < -0.4 is 4.74 Å². The van der Waals surface area contributed by atoms with E-state index in [1.165, 1.54) is 0 Å². The van der Waals surface area contributed by atoms with E-state index in [9.17, 15) is 4.79 Å². The minimum atomic E-state index is 0.235. The normalized spacial score (nSPS) is 13.0. The number of hydrogen-bond acceptors (Lipinski definition) is 4. The number of imidazole rings is 1. The van der Waals surface area contributed by atoms with E-state index in [0.29, 0.717) is 25.1 Å². The third-order valence-electron chi connectivity index (χ3n) is 5.09. The molecular formula is C23H21N3O2. The van der Waals surface area contributed by atoms with Gasteiger partial charge in [0.25, 0.3) is 0 Å². The highest BCUT2D eigenvalue weighted by molar-refractivity contribution is 5.98. The van der Waals surface area contributed by atoms with E-state index < -0.39 is 0 Å². The van der Waals surface area contributed by atoms with Gasteiger partial charge in [-0.05, 0) is 54.3 Å². The summed E-state index contributed by atoms with van der Waals surface area (Å²) in [5.41, 5.74) is 4.85. The van der Waals surface area contributed by atoms with Crippen LogP contribution in [0, 0.1) is 11.3 Å². The number of benzene rings is 2. The molecule has 1 heterocycles. The maximum atomic E-state index is 11.9. The molecule has 0 atom stereocenters. The first-order chi connectivity index (χ1) is 13.7. The fourth-order valence-corrected chi connectivity index (χ4v) is 3.58. The molecule has 0 spiro atoms. The number of aromatic nitrogens is 2. The number of ketones is 1. The fourth-order valence-electron chi connectivity index (χ4n) is 3.58. The van der Waals surface area contributed by atoms with E-state index in [2.05, 4.69) is 15.6 Å². The Balaban J connectivity index is 1.36. The van der Waals surface area contributed by atoms with Crippen LogP contribution in [0.15, 0.2) is 55.0 Å². The van der Waals surface area contributed by atoms with Crippen molar-refractivity contribution in [2.24, 2.45) is 0 Å². The molecule has 0 unspecified atom stereocenters. The van der Waals surface area contributed by atoms with Crippen LogP contribution in [0.3, 0.4) is 0 Å². The van der Waals surface area contributed by atoms with Crippen molar-refractivity contribution in [1.29, 1.82) is 5.26 Å². The number of Topliss-reactive ketones (excluding diaryl/α,β-unsaturated/α-hetero) is 1. The zero-order chi connectivity index (χ0) is 19.3. The Morgan fingerprint density at radius 3 is 2.82 bits per heavy atom. The standard InChI is InChI=1S/C23H21N3O2/c24-14-18-6-4-17(5-7-18)12-20-15-25-16-26(20)10-11-28-21-8-9-22-19(13-21)2-1-3-23(22)27/h4-9,13,15-16H,1-3,10-12H2. The van der Waals surface area contributed by atoms with E-state index in [0.717, 1.165) is 47.4 Å². The van der Waals surface area contributed by atoms with E-state index in [1.54, 1.807) is 0 Å². The summed E-state index contributed by atoms with van der Waals surface area (Å²) in [6.45, 7) is 1.23. The molecule has 0 bridgehead atoms. The number of carbonyl (C=O) groups is 1. The summed E-state index contributed by atoms with van der Waals surface area (Å²) in [5.74, 6) is 1.04. The van der Waals surface area contributed by atoms with Crippen LogP contribution in [0.25, 0.3) is 0 Å². The summed E-state index contributed by atoms with van der Waals surface area (Å²) >= 11 is 0. The van der Waals surface area contributed by atoms with Gasteiger partial charge in [-0.1, -0.05) is 12.1 Å². The Morgan fingerprint density at radius 2 is 2.00 bits per heavy atom. The van der Waals surface area contributed by atoms with Crippen molar-refractivity contribution in [3.8, 4) is 11.8 Å². The van der Waals surface area contributed by atoms with Gasteiger partial charge in [0.1, 0.15) is 12.4 Å². The average molecular weight is 371 g/mol. The topological polar surface area (TPSA) is 67.9 Å². The molecule has 0 fully saturated rings. The Morgan fingerprint density at radius 1 is 1.14 bits per heavy atom. The van der Waals surface area contributed by atoms with Crippen LogP contribution in [0.1, 0.15) is 45.6 Å². The summed E-state index contributed by atoms with van der Waals surface area (Å²) in [6.07, 6.45) is 6.94. The molecule has 0 radical (unpaired) electrons. The molecule has 5 nitrogen and oxygen atoms in total. The largest absolute Gasteiger partial charge is 0.492 e. The molecule has 0 saturated heterocycles. The first kappa shape index (κ1) is 18.0. The lowest BCUT2D eigenvalue weighted by Gasteiger charge is -2.16. The molecule has 0 N–H and O–H groups in total. The van der Waals surface area contributed by atoms with Gasteiger partial charge in [-0.2, -0.15) is 5.26 Å². The maximum absolute atomic E-state index is 11.9. The van der Waals surface area contributed by atoms with Crippen molar-refractivity contribution in [3.63, 3.8) is 0 Å². The van der Waals surface area contributed by atoms with Gasteiger partial charge in [-0.15, -0.1) is 0 Å². The summed E-state index contributed by atoms with van der Waals surface area (Å²) in [6, 6.07) is 15.5. The van der Waals surface area contributed by atoms with Gasteiger partial charge in [0, 0.05) is 30.3 Å². The van der Waals surface area contributed by atoms with Gasteiger partial charge >= 0.3 is 0 Å². The Hall–Kier alpha value is -3.39. The fraction of sp³-hybridized carbons (Fsp3) is 0.261. The van der Waals surface area contributed by atoms with Crippen molar-refractivity contribution < 1.29 is 9.53 Å². The number of carbonyl (C=O) groups excluding carboxylic acids is 1. The molecule has 4 rings (SSSR count). The van der Waals surface area contributed by atoms with Crippen molar-refractivity contribution >= 4 is 5.78 Å². The van der Waals surface area contributed by atoms with Crippen LogP contribution in [0.2, 0.25) is 0 Å². The van der Waals surface area contributed by atoms with Gasteiger partial charge in [-0.25, -0.2) is 4.98 Å². The molecule has 0 saturated carbocycles. The minimum Gasteiger partial charge on any atom is -0.492 e. The SMILES string of the molecule is N#Cc1ccc(Cc2cncn2CCOc2ccc3c(c2)CCCC3=O)cc1. The second-order valence-electron chi connectivity index (χ2n) is 7.01. The van der Waals surface area contributed by atoms with Crippen molar-refractivity contribution in [2.45, 2.75) is 32.2 Å². The summed E-state index contributed by atoms with van der Waals surface area (Å²) in [4.78, 5) is 16.2. The van der Waals surface area contributed by atoms with Crippen LogP contribution in [0.5, 0.6) is 5.75 Å². The average Bonchev–Trinajstić information content (AvgIpc) is 3.15. The lowest BCUT2D eigenvalue weighted by Crippen LogP contribution is -2.12. The van der Waals surface area contributed by atoms with Crippen LogP contribution in [-0.2, 0) is 19.4 Å². The van der Waals surface area contributed by atoms with Crippen molar-refractivity contribution in [1.82, 2.24) is 9.55 Å². The number of nitrogens with zero attached hydrogens (tertiary/aromatic N) is 3. The molecule has 140 valence electrons. The van der Waals surface area contributed by atoms with Crippen LogP contribution in [-0.4, -0.2) is 21.9 Å². The van der Waals surface area contributed by atoms with E-state index in [4.69, 9.17) is 10.00 Å². The number of fused-ring (bicyclic) bond motifs is 1. The predicted octanol–water partition coefficient (Wildman–Crippen LogP) is 3.94. The zero-order valence-corrected chi connectivity index (χ0v) is 15.6. The molecule has 1 aliphatic carbocycles. The molecule has 28 heavy (non-hydrogen) atoms. The third-order valence-corrected chi connectivity index (χ3v) is 5.09. The van der Waals surface area contributed by atoms with E-state index >= 15 is 0 Å². The lowest BCUT2D eigenvalue weighted by atomic mass is 9.91. The van der Waals surface area contributed by atoms with Gasteiger partial charge in [0.15, 0.2) is 5.78 Å². The highest BCUT2D eigenvalue weighted by Gasteiger charge is 2.17. The van der Waals surface area contributed by atoms with Gasteiger partial charge in [-0.3, -0.25) is 4.79 Å². The van der Waals surface area contributed by atoms with Gasteiger partial charge in [0.2, 0.25) is 0 Å². The number of ether oxygens (including phenoxy) is 1. The Kier molecular flexibility index (Phi) is 5.20. The van der Waals surface area contributed by atoms with E-state index in [1.807, 2.05) is 55.0 Å². The Bertz CT molecular complexity index is 1030. The Labute approximate surface area is 164 Å². The molecule has 3 aromatic rings. The second-order valence-corrected chi connectivity index (χ2v) is 7.01. The van der Waals surface area contributed by atoms with E-state index in [-0.39, 0.29) is 5.78 Å². The molecule has 0 amide bonds. The molecule has 1 aromatic heterocycles. The zero-order valence-electron chi connectivity index (χ0n) is 15.6. The van der Waals surface area contributed by atoms with Crippen molar-refractivity contribution in [2.75, 3.05) is 6.61 Å². The molecule has 1 aliphatic rings. The second kappa shape index (κ2) is 8.10.